The second-order valence-electron chi connectivity index (χ2n) is 9.22. The number of rotatable bonds is 12. The van der Waals surface area contributed by atoms with Crippen molar-refractivity contribution in [2.24, 2.45) is 5.10 Å². The van der Waals surface area contributed by atoms with Crippen LogP contribution in [0.15, 0.2) is 90.0 Å². The molecule has 0 fully saturated rings. The third-order valence-electron chi connectivity index (χ3n) is 6.28. The Hall–Kier alpha value is -5.29. The van der Waals surface area contributed by atoms with E-state index in [1.807, 2.05) is 43.3 Å². The molecule has 1 heterocycles. The second-order valence-corrected chi connectivity index (χ2v) is 10.3. The number of fused-ring (bicyclic) bond motifs is 1. The summed E-state index contributed by atoms with van der Waals surface area (Å²) in [5, 5.41) is 17.7. The highest BCUT2D eigenvalue weighted by molar-refractivity contribution is 7.15. The lowest BCUT2D eigenvalue weighted by Crippen LogP contribution is -2.19. The molecule has 5 aromatic rings. The Morgan fingerprint density at radius 1 is 0.930 bits per heavy atom. The molecule has 5 rings (SSSR count). The summed E-state index contributed by atoms with van der Waals surface area (Å²) in [6.45, 7) is 2.76. The number of hydrazone groups is 1. The molecule has 0 bridgehead atoms. The normalized spacial score (nSPS) is 10.9. The maximum Gasteiger partial charge on any atom is 0.257 e. The molecule has 218 valence electrons. The van der Waals surface area contributed by atoms with Crippen molar-refractivity contribution in [3.8, 4) is 17.2 Å². The molecule has 43 heavy (non-hydrogen) atoms. The fourth-order valence-electron chi connectivity index (χ4n) is 4.21. The summed E-state index contributed by atoms with van der Waals surface area (Å²) in [5.74, 6) is 1.13. The van der Waals surface area contributed by atoms with Gasteiger partial charge in [0.1, 0.15) is 17.4 Å². The second kappa shape index (κ2) is 14.1. The number of hydrogen-bond acceptors (Lipinski definition) is 9. The van der Waals surface area contributed by atoms with E-state index in [1.54, 1.807) is 37.4 Å². The van der Waals surface area contributed by atoms with E-state index in [9.17, 15) is 9.59 Å². The largest absolute Gasteiger partial charge is 0.497 e. The monoisotopic (exact) mass is 595 g/mol. The van der Waals surface area contributed by atoms with Crippen LogP contribution >= 0.6 is 11.3 Å². The zero-order valence-electron chi connectivity index (χ0n) is 23.6. The summed E-state index contributed by atoms with van der Waals surface area (Å²) in [6, 6.07) is 26.5. The van der Waals surface area contributed by atoms with Crippen LogP contribution in [0.5, 0.6) is 17.2 Å². The summed E-state index contributed by atoms with van der Waals surface area (Å²) in [4.78, 5) is 24.9. The van der Waals surface area contributed by atoms with Gasteiger partial charge in [0.2, 0.25) is 11.0 Å². The van der Waals surface area contributed by atoms with Crippen molar-refractivity contribution in [1.29, 1.82) is 0 Å². The first-order valence-corrected chi connectivity index (χ1v) is 14.3. The van der Waals surface area contributed by atoms with Crippen LogP contribution in [-0.4, -0.2) is 41.9 Å². The van der Waals surface area contributed by atoms with Gasteiger partial charge in [0.05, 0.1) is 26.4 Å². The molecule has 4 aromatic carbocycles. The summed E-state index contributed by atoms with van der Waals surface area (Å²) in [7, 11) is 1.56. The van der Waals surface area contributed by atoms with E-state index in [-0.39, 0.29) is 18.2 Å². The maximum atomic E-state index is 12.4. The molecule has 10 nitrogen and oxygen atoms in total. The van der Waals surface area contributed by atoms with Gasteiger partial charge in [0.25, 0.3) is 5.91 Å². The highest BCUT2D eigenvalue weighted by Gasteiger charge is 2.13. The van der Waals surface area contributed by atoms with Crippen molar-refractivity contribution < 1.29 is 23.8 Å². The topological polar surface area (TPSA) is 124 Å². The summed E-state index contributed by atoms with van der Waals surface area (Å²) < 4.78 is 17.0. The Balaban J connectivity index is 1.14. The molecule has 1 aromatic heterocycles. The van der Waals surface area contributed by atoms with Crippen molar-refractivity contribution in [3.05, 3.63) is 107 Å². The smallest absolute Gasteiger partial charge is 0.257 e. The van der Waals surface area contributed by atoms with Gasteiger partial charge in [0.15, 0.2) is 11.5 Å². The number of amides is 2. The molecule has 2 amide bonds. The maximum absolute atomic E-state index is 12.4. The molecule has 0 aliphatic carbocycles. The highest BCUT2D eigenvalue weighted by Crippen LogP contribution is 2.30. The standard InChI is InChI=1S/C32H29N5O5S/c1-3-41-28-17-21(11-16-27(28)42-20-24-9-6-8-22-7-4-5-10-26(22)24)19-33-35-29(38)18-30-36-37-32(43-30)34-31(39)23-12-14-25(40-2)15-13-23/h4-17,19H,3,18,20H2,1-2H3,(H,35,38)(H,34,37,39)/b33-19+. The van der Waals surface area contributed by atoms with Crippen molar-refractivity contribution in [2.75, 3.05) is 19.0 Å². The van der Waals surface area contributed by atoms with Crippen molar-refractivity contribution in [2.45, 2.75) is 20.0 Å². The van der Waals surface area contributed by atoms with E-state index in [4.69, 9.17) is 14.2 Å². The van der Waals surface area contributed by atoms with E-state index in [2.05, 4.69) is 44.2 Å². The Labute approximate surface area is 252 Å². The molecule has 0 saturated carbocycles. The van der Waals surface area contributed by atoms with Crippen LogP contribution in [0.3, 0.4) is 0 Å². The van der Waals surface area contributed by atoms with Gasteiger partial charge in [-0.2, -0.15) is 5.10 Å². The van der Waals surface area contributed by atoms with Crippen LogP contribution in [0.1, 0.15) is 33.4 Å². The quantitative estimate of drug-likeness (QED) is 0.142. The number of nitrogens with one attached hydrogen (secondary N) is 2. The van der Waals surface area contributed by atoms with E-state index >= 15 is 0 Å². The molecule has 0 spiro atoms. The number of methoxy groups -OCH3 is 1. The number of benzene rings is 4. The van der Waals surface area contributed by atoms with Crippen molar-refractivity contribution in [3.63, 3.8) is 0 Å². The van der Waals surface area contributed by atoms with Crippen molar-refractivity contribution in [1.82, 2.24) is 15.6 Å². The van der Waals surface area contributed by atoms with Crippen LogP contribution in [0.25, 0.3) is 10.8 Å². The van der Waals surface area contributed by atoms with Gasteiger partial charge in [-0.25, -0.2) is 5.43 Å². The summed E-state index contributed by atoms with van der Waals surface area (Å²) >= 11 is 1.11. The molecular formula is C32H29N5O5S. The number of anilines is 1. The van der Waals surface area contributed by atoms with Crippen LogP contribution in [0.4, 0.5) is 5.13 Å². The lowest BCUT2D eigenvalue weighted by atomic mass is 10.1. The predicted molar refractivity (Wildman–Crippen MR) is 166 cm³/mol. The first kappa shape index (κ1) is 29.2. The average Bonchev–Trinajstić information content (AvgIpc) is 3.47. The van der Waals surface area contributed by atoms with Gasteiger partial charge in [-0.3, -0.25) is 14.9 Å². The Morgan fingerprint density at radius 3 is 2.56 bits per heavy atom. The first-order valence-electron chi connectivity index (χ1n) is 13.5. The van der Waals surface area contributed by atoms with Gasteiger partial charge in [-0.1, -0.05) is 53.8 Å². The minimum absolute atomic E-state index is 0.0431. The predicted octanol–water partition coefficient (Wildman–Crippen LogP) is 5.62. The molecule has 0 unspecified atom stereocenters. The Bertz CT molecular complexity index is 1750. The van der Waals surface area contributed by atoms with Crippen LogP contribution < -0.4 is 25.0 Å². The third-order valence-corrected chi connectivity index (χ3v) is 7.12. The number of carbonyl (C=O) groups excluding carboxylic acids is 2. The molecule has 2 N–H and O–H groups in total. The van der Waals surface area contributed by atoms with Gasteiger partial charge < -0.3 is 14.2 Å². The molecule has 0 saturated heterocycles. The summed E-state index contributed by atoms with van der Waals surface area (Å²) in [5.41, 5.74) is 4.74. The van der Waals surface area contributed by atoms with E-state index < -0.39 is 0 Å². The summed E-state index contributed by atoms with van der Waals surface area (Å²) in [6.07, 6.45) is 1.48. The molecule has 0 radical (unpaired) electrons. The van der Waals surface area contributed by atoms with Crippen LogP contribution in [-0.2, 0) is 17.8 Å². The number of aromatic nitrogens is 2. The van der Waals surface area contributed by atoms with Gasteiger partial charge in [-0.05, 0) is 71.3 Å². The van der Waals surface area contributed by atoms with Gasteiger partial charge in [0, 0.05) is 5.56 Å². The van der Waals surface area contributed by atoms with E-state index in [0.29, 0.717) is 46.2 Å². The fourth-order valence-corrected chi connectivity index (χ4v) is 4.94. The molecule has 0 atom stereocenters. The first-order chi connectivity index (χ1) is 21.0. The fraction of sp³-hybridized carbons (Fsp3) is 0.156. The molecular weight excluding hydrogens is 566 g/mol. The zero-order chi connectivity index (χ0) is 30.0. The SMILES string of the molecule is CCOc1cc(/C=N/NC(=O)Cc2nnc(NC(=O)c3ccc(OC)cc3)s2)ccc1OCc1cccc2ccccc12. The Kier molecular flexibility index (Phi) is 9.55. The molecule has 0 aliphatic heterocycles. The van der Waals surface area contributed by atoms with E-state index in [0.717, 1.165) is 33.2 Å². The lowest BCUT2D eigenvalue weighted by molar-refractivity contribution is -0.120. The number of carbonyl (C=O) groups is 2. The highest BCUT2D eigenvalue weighted by atomic mass is 32.1. The number of ether oxygens (including phenoxy) is 3. The van der Waals surface area contributed by atoms with Gasteiger partial charge >= 0.3 is 0 Å². The van der Waals surface area contributed by atoms with Crippen LogP contribution in [0, 0.1) is 0 Å². The molecule has 11 heteroatoms. The zero-order valence-corrected chi connectivity index (χ0v) is 24.4. The van der Waals surface area contributed by atoms with Gasteiger partial charge in [-0.15, -0.1) is 10.2 Å². The average molecular weight is 596 g/mol. The van der Waals surface area contributed by atoms with Crippen LogP contribution in [0.2, 0.25) is 0 Å². The minimum Gasteiger partial charge on any atom is -0.497 e. The Morgan fingerprint density at radius 2 is 1.74 bits per heavy atom. The third kappa shape index (κ3) is 7.72. The van der Waals surface area contributed by atoms with Crippen molar-refractivity contribution >= 4 is 45.3 Å². The van der Waals surface area contributed by atoms with E-state index in [1.165, 1.54) is 6.21 Å². The number of nitrogens with zero attached hydrogens (tertiary/aromatic N) is 3. The molecule has 0 aliphatic rings. The number of hydrogen-bond donors (Lipinski definition) is 2. The lowest BCUT2D eigenvalue weighted by Gasteiger charge is -2.13. The minimum atomic E-state index is -0.375.